The predicted molar refractivity (Wildman–Crippen MR) is 78.3 cm³/mol. The van der Waals surface area contributed by atoms with Crippen LogP contribution in [-0.4, -0.2) is 51.2 Å². The normalized spacial score (nSPS) is 16.1. The maximum absolute atomic E-state index is 12.3. The zero-order valence-electron chi connectivity index (χ0n) is 12.1. The minimum Gasteiger partial charge on any atom is -0.340 e. The second kappa shape index (κ2) is 5.69. The Kier molecular flexibility index (Phi) is 3.74. The maximum Gasteiger partial charge on any atom is 0.277 e. The van der Waals surface area contributed by atoms with Gasteiger partial charge in [0.05, 0.1) is 5.69 Å². The molecule has 112 valence electrons. The molecular weight excluding hydrogens is 270 g/mol. The molecule has 0 spiro atoms. The molecule has 7 nitrogen and oxygen atoms in total. The fourth-order valence-corrected chi connectivity index (χ4v) is 2.61. The van der Waals surface area contributed by atoms with E-state index in [4.69, 9.17) is 0 Å². The fourth-order valence-electron chi connectivity index (χ4n) is 2.61. The first-order valence-corrected chi connectivity index (χ1v) is 7.19. The lowest BCUT2D eigenvalue weighted by Crippen LogP contribution is -2.38. The number of fused-ring (bicyclic) bond motifs is 1. The summed E-state index contributed by atoms with van der Waals surface area (Å²) in [4.78, 5) is 26.5. The number of rotatable bonds is 2. The lowest BCUT2D eigenvalue weighted by atomic mass is 10.3. The molecule has 1 aliphatic heterocycles. The summed E-state index contributed by atoms with van der Waals surface area (Å²) in [6, 6.07) is 1.74. The highest BCUT2D eigenvalue weighted by Crippen LogP contribution is 2.02. The summed E-state index contributed by atoms with van der Waals surface area (Å²) in [6.07, 6.45) is 4.28. The number of hydrogen-bond acceptors (Lipinski definition) is 4. The molecule has 0 bridgehead atoms. The molecule has 0 aliphatic carbocycles. The second-order valence-corrected chi connectivity index (χ2v) is 5.33. The van der Waals surface area contributed by atoms with Crippen LogP contribution in [-0.2, 0) is 11.3 Å². The smallest absolute Gasteiger partial charge is 0.277 e. The summed E-state index contributed by atoms with van der Waals surface area (Å²) in [5.74, 6) is -0.0126. The van der Waals surface area contributed by atoms with E-state index in [0.717, 1.165) is 31.7 Å². The molecule has 2 aromatic rings. The number of aromatic nitrogens is 3. The molecule has 0 aromatic carbocycles. The minimum absolute atomic E-state index is 0.0126. The topological polar surface area (TPSA) is 71.6 Å². The van der Waals surface area contributed by atoms with Crippen molar-refractivity contribution in [2.75, 3.05) is 26.2 Å². The highest BCUT2D eigenvalue weighted by atomic mass is 16.2. The SMILES string of the molecule is Cc1cc2c(=O)n(CC(=O)N3CCCNCC3)ccn2n1. The van der Waals surface area contributed by atoms with Gasteiger partial charge in [0.2, 0.25) is 5.91 Å². The number of nitrogens with one attached hydrogen (secondary N) is 1. The van der Waals surface area contributed by atoms with Gasteiger partial charge < -0.3 is 14.8 Å². The van der Waals surface area contributed by atoms with Crippen molar-refractivity contribution in [1.29, 1.82) is 0 Å². The third-order valence-corrected chi connectivity index (χ3v) is 3.72. The van der Waals surface area contributed by atoms with Gasteiger partial charge in [-0.1, -0.05) is 0 Å². The summed E-state index contributed by atoms with van der Waals surface area (Å²) in [5, 5.41) is 7.46. The molecule has 1 N–H and O–H groups in total. The van der Waals surface area contributed by atoms with E-state index in [0.29, 0.717) is 12.1 Å². The molecule has 1 fully saturated rings. The van der Waals surface area contributed by atoms with Crippen LogP contribution in [0.2, 0.25) is 0 Å². The maximum atomic E-state index is 12.3. The number of nitrogens with zero attached hydrogens (tertiary/aromatic N) is 4. The Morgan fingerprint density at radius 3 is 3.05 bits per heavy atom. The van der Waals surface area contributed by atoms with Crippen molar-refractivity contribution in [2.45, 2.75) is 19.9 Å². The molecule has 1 saturated heterocycles. The zero-order valence-corrected chi connectivity index (χ0v) is 12.1. The molecule has 0 unspecified atom stereocenters. The van der Waals surface area contributed by atoms with E-state index in [2.05, 4.69) is 10.4 Å². The zero-order chi connectivity index (χ0) is 14.8. The summed E-state index contributed by atoms with van der Waals surface area (Å²) < 4.78 is 3.01. The number of aryl methyl sites for hydroxylation is 1. The molecule has 0 radical (unpaired) electrons. The first kappa shape index (κ1) is 13.8. The number of hydrogen-bond donors (Lipinski definition) is 1. The first-order valence-electron chi connectivity index (χ1n) is 7.19. The van der Waals surface area contributed by atoms with Gasteiger partial charge in [-0.2, -0.15) is 5.10 Å². The van der Waals surface area contributed by atoms with Gasteiger partial charge in [0.15, 0.2) is 0 Å². The van der Waals surface area contributed by atoms with Gasteiger partial charge in [0.1, 0.15) is 12.1 Å². The van der Waals surface area contributed by atoms with Crippen molar-refractivity contribution in [3.8, 4) is 0 Å². The summed E-state index contributed by atoms with van der Waals surface area (Å²) in [7, 11) is 0. The number of carbonyl (C=O) groups excluding carboxylic acids is 1. The monoisotopic (exact) mass is 289 g/mol. The molecule has 0 saturated carbocycles. The Morgan fingerprint density at radius 2 is 2.19 bits per heavy atom. The van der Waals surface area contributed by atoms with E-state index in [9.17, 15) is 9.59 Å². The summed E-state index contributed by atoms with van der Waals surface area (Å²) >= 11 is 0. The minimum atomic E-state index is -0.181. The van der Waals surface area contributed by atoms with Gasteiger partial charge in [-0.25, -0.2) is 4.52 Å². The Morgan fingerprint density at radius 1 is 1.33 bits per heavy atom. The quantitative estimate of drug-likeness (QED) is 0.818. The molecule has 7 heteroatoms. The second-order valence-electron chi connectivity index (χ2n) is 5.33. The molecule has 0 atom stereocenters. The van der Waals surface area contributed by atoms with Crippen LogP contribution in [0.25, 0.3) is 5.52 Å². The van der Waals surface area contributed by atoms with E-state index in [-0.39, 0.29) is 18.0 Å². The average Bonchev–Trinajstić information content (AvgIpc) is 2.68. The van der Waals surface area contributed by atoms with E-state index in [1.807, 2.05) is 11.8 Å². The highest BCUT2D eigenvalue weighted by molar-refractivity contribution is 5.76. The Bertz CT molecular complexity index is 710. The van der Waals surface area contributed by atoms with Crippen molar-refractivity contribution in [3.63, 3.8) is 0 Å². The molecule has 21 heavy (non-hydrogen) atoms. The Hall–Kier alpha value is -2.15. The van der Waals surface area contributed by atoms with Crippen molar-refractivity contribution >= 4 is 11.4 Å². The van der Waals surface area contributed by atoms with Crippen molar-refractivity contribution in [1.82, 2.24) is 24.4 Å². The standard InChI is InChI=1S/C14H19N5O2/c1-11-9-12-14(21)18(7-8-19(12)16-11)10-13(20)17-5-2-3-15-4-6-17/h7-9,15H,2-6,10H2,1H3. The van der Waals surface area contributed by atoms with Crippen molar-refractivity contribution < 1.29 is 4.79 Å². The molecule has 1 aliphatic rings. The van der Waals surface area contributed by atoms with Gasteiger partial charge in [-0.15, -0.1) is 0 Å². The Labute approximate surface area is 122 Å². The molecule has 2 aromatic heterocycles. The molecule has 1 amide bonds. The van der Waals surface area contributed by atoms with Crippen LogP contribution in [0, 0.1) is 6.92 Å². The predicted octanol–water partition coefficient (Wildman–Crippen LogP) is -0.374. The van der Waals surface area contributed by atoms with Crippen LogP contribution in [0.5, 0.6) is 0 Å². The van der Waals surface area contributed by atoms with Crippen LogP contribution in [0.4, 0.5) is 0 Å². The van der Waals surface area contributed by atoms with Crippen LogP contribution < -0.4 is 10.9 Å². The van der Waals surface area contributed by atoms with Gasteiger partial charge in [-0.3, -0.25) is 9.59 Å². The van der Waals surface area contributed by atoms with Crippen molar-refractivity contribution in [3.05, 3.63) is 34.5 Å². The van der Waals surface area contributed by atoms with Gasteiger partial charge in [0.25, 0.3) is 5.56 Å². The summed E-state index contributed by atoms with van der Waals surface area (Å²) in [5.41, 5.74) is 1.11. The van der Waals surface area contributed by atoms with Gasteiger partial charge >= 0.3 is 0 Å². The van der Waals surface area contributed by atoms with Crippen LogP contribution >= 0.6 is 0 Å². The lowest BCUT2D eigenvalue weighted by molar-refractivity contribution is -0.131. The third kappa shape index (κ3) is 2.82. The third-order valence-electron chi connectivity index (χ3n) is 3.72. The van der Waals surface area contributed by atoms with Gasteiger partial charge in [-0.05, 0) is 26.0 Å². The van der Waals surface area contributed by atoms with E-state index in [1.165, 1.54) is 4.57 Å². The lowest BCUT2D eigenvalue weighted by Gasteiger charge is -2.20. The summed E-state index contributed by atoms with van der Waals surface area (Å²) in [6.45, 7) is 5.11. The number of amides is 1. The highest BCUT2D eigenvalue weighted by Gasteiger charge is 2.16. The van der Waals surface area contributed by atoms with Crippen LogP contribution in [0.3, 0.4) is 0 Å². The van der Waals surface area contributed by atoms with Crippen LogP contribution in [0.1, 0.15) is 12.1 Å². The fraction of sp³-hybridized carbons (Fsp3) is 0.500. The molecule has 3 rings (SSSR count). The first-order chi connectivity index (χ1) is 10.1. The van der Waals surface area contributed by atoms with Crippen LogP contribution in [0.15, 0.2) is 23.3 Å². The van der Waals surface area contributed by atoms with E-state index < -0.39 is 0 Å². The largest absolute Gasteiger partial charge is 0.340 e. The van der Waals surface area contributed by atoms with Gasteiger partial charge in [0, 0.05) is 32.0 Å². The molecule has 3 heterocycles. The Balaban J connectivity index is 1.82. The van der Waals surface area contributed by atoms with E-state index >= 15 is 0 Å². The average molecular weight is 289 g/mol. The molecular formula is C14H19N5O2. The van der Waals surface area contributed by atoms with E-state index in [1.54, 1.807) is 23.0 Å². The van der Waals surface area contributed by atoms with Crippen molar-refractivity contribution in [2.24, 2.45) is 0 Å². The number of carbonyl (C=O) groups is 1.